The van der Waals surface area contributed by atoms with Crippen LogP contribution >= 0.6 is 0 Å². The van der Waals surface area contributed by atoms with Crippen molar-refractivity contribution in [2.24, 2.45) is 0 Å². The molecular formula is C17H16FN3O4S. The highest BCUT2D eigenvalue weighted by Crippen LogP contribution is 2.22. The third kappa shape index (κ3) is 3.73. The maximum atomic E-state index is 13.7. The molecule has 0 fully saturated rings. The van der Waals surface area contributed by atoms with Gasteiger partial charge in [0.15, 0.2) is 0 Å². The first-order chi connectivity index (χ1) is 12.4. The molecule has 1 aromatic heterocycles. The average molecular weight is 377 g/mol. The van der Waals surface area contributed by atoms with Crippen LogP contribution in [0.3, 0.4) is 0 Å². The largest absolute Gasteiger partial charge is 0.496 e. The molecule has 0 saturated carbocycles. The molecule has 9 heteroatoms. The monoisotopic (exact) mass is 377 g/mol. The van der Waals surface area contributed by atoms with Gasteiger partial charge in [-0.2, -0.15) is 0 Å². The number of ether oxygens (including phenoxy) is 1. The van der Waals surface area contributed by atoms with Crippen molar-refractivity contribution in [3.05, 3.63) is 59.7 Å². The van der Waals surface area contributed by atoms with E-state index in [2.05, 4.69) is 14.9 Å². The number of nitrogens with zero attached hydrogens (tertiary/aromatic N) is 2. The van der Waals surface area contributed by atoms with Gasteiger partial charge in [0, 0.05) is 0 Å². The number of rotatable bonds is 6. The van der Waals surface area contributed by atoms with Gasteiger partial charge in [0.2, 0.25) is 15.9 Å². The average Bonchev–Trinajstić information content (AvgIpc) is 3.09. The van der Waals surface area contributed by atoms with Gasteiger partial charge < -0.3 is 9.15 Å². The molecule has 3 rings (SSSR count). The van der Waals surface area contributed by atoms with Crippen molar-refractivity contribution in [1.29, 1.82) is 0 Å². The summed E-state index contributed by atoms with van der Waals surface area (Å²) in [6.07, 6.45) is 0. The Labute approximate surface area is 149 Å². The van der Waals surface area contributed by atoms with E-state index in [0.717, 1.165) is 0 Å². The van der Waals surface area contributed by atoms with Gasteiger partial charge in [-0.15, -0.1) is 10.2 Å². The van der Waals surface area contributed by atoms with Crippen LogP contribution in [-0.4, -0.2) is 25.7 Å². The summed E-state index contributed by atoms with van der Waals surface area (Å²) in [5, 5.41) is 7.49. The molecule has 0 spiro atoms. The van der Waals surface area contributed by atoms with Crippen LogP contribution in [0.1, 0.15) is 11.5 Å². The minimum absolute atomic E-state index is 0.0161. The van der Waals surface area contributed by atoms with Gasteiger partial charge in [0.05, 0.1) is 24.1 Å². The predicted molar refractivity (Wildman–Crippen MR) is 91.4 cm³/mol. The number of halogens is 1. The third-order valence-electron chi connectivity index (χ3n) is 3.66. The van der Waals surface area contributed by atoms with Gasteiger partial charge >= 0.3 is 0 Å². The molecule has 0 aliphatic carbocycles. The first-order valence-electron chi connectivity index (χ1n) is 7.62. The number of hydrogen-bond acceptors (Lipinski definition) is 6. The van der Waals surface area contributed by atoms with E-state index >= 15 is 0 Å². The number of sulfonamides is 1. The van der Waals surface area contributed by atoms with Crippen LogP contribution in [-0.2, 0) is 16.6 Å². The van der Waals surface area contributed by atoms with E-state index in [-0.39, 0.29) is 28.8 Å². The lowest BCUT2D eigenvalue weighted by atomic mass is 10.2. The maximum Gasteiger partial charge on any atom is 0.250 e. The second-order valence-electron chi connectivity index (χ2n) is 5.44. The van der Waals surface area contributed by atoms with Crippen LogP contribution in [0.15, 0.2) is 51.8 Å². The molecule has 2 aromatic carbocycles. The number of aryl methyl sites for hydroxylation is 1. The van der Waals surface area contributed by atoms with Crippen LogP contribution in [0.2, 0.25) is 0 Å². The molecule has 0 aliphatic heterocycles. The molecule has 0 bridgehead atoms. The summed E-state index contributed by atoms with van der Waals surface area (Å²) in [6, 6.07) is 10.5. The zero-order valence-corrected chi connectivity index (χ0v) is 14.9. The van der Waals surface area contributed by atoms with E-state index in [1.807, 2.05) is 0 Å². The van der Waals surface area contributed by atoms with Crippen molar-refractivity contribution >= 4 is 10.0 Å². The van der Waals surface area contributed by atoms with Crippen LogP contribution < -0.4 is 9.46 Å². The molecular weight excluding hydrogens is 361 g/mol. The number of methoxy groups -OCH3 is 1. The topological polar surface area (TPSA) is 94.3 Å². The molecule has 26 heavy (non-hydrogen) atoms. The first-order valence-corrected chi connectivity index (χ1v) is 9.10. The summed E-state index contributed by atoms with van der Waals surface area (Å²) >= 11 is 0. The van der Waals surface area contributed by atoms with Crippen LogP contribution in [0.4, 0.5) is 4.39 Å². The van der Waals surface area contributed by atoms with Gasteiger partial charge in [-0.3, -0.25) is 0 Å². The van der Waals surface area contributed by atoms with Crippen molar-refractivity contribution in [3.63, 3.8) is 0 Å². The lowest BCUT2D eigenvalue weighted by molar-refractivity contribution is 0.411. The lowest BCUT2D eigenvalue weighted by Gasteiger charge is -2.08. The van der Waals surface area contributed by atoms with Gasteiger partial charge in [0.1, 0.15) is 11.6 Å². The van der Waals surface area contributed by atoms with Crippen molar-refractivity contribution < 1.29 is 22.0 Å². The van der Waals surface area contributed by atoms with E-state index < -0.39 is 15.8 Å². The smallest absolute Gasteiger partial charge is 0.250 e. The molecule has 0 amide bonds. The zero-order valence-electron chi connectivity index (χ0n) is 14.1. The Hall–Kier alpha value is -2.78. The summed E-state index contributed by atoms with van der Waals surface area (Å²) < 4.78 is 51.3. The summed E-state index contributed by atoms with van der Waals surface area (Å²) in [6.45, 7) is 1.53. The molecule has 1 heterocycles. The van der Waals surface area contributed by atoms with E-state index in [1.165, 1.54) is 31.4 Å². The SMILES string of the molecule is COc1ccc(S(=O)(=O)NCc2nnc(-c3ccccc3F)o2)cc1C. The quantitative estimate of drug-likeness (QED) is 0.710. The Morgan fingerprint density at radius 1 is 1.19 bits per heavy atom. The van der Waals surface area contributed by atoms with Crippen LogP contribution in [0.5, 0.6) is 5.75 Å². The van der Waals surface area contributed by atoms with Gasteiger partial charge in [-0.25, -0.2) is 17.5 Å². The van der Waals surface area contributed by atoms with Gasteiger partial charge in [0.25, 0.3) is 5.89 Å². The predicted octanol–water partition coefficient (Wildman–Crippen LogP) is 2.67. The summed E-state index contributed by atoms with van der Waals surface area (Å²) in [4.78, 5) is 0.0876. The summed E-state index contributed by atoms with van der Waals surface area (Å²) in [5.41, 5.74) is 0.842. The Bertz CT molecular complexity index is 1030. The number of benzene rings is 2. The normalized spacial score (nSPS) is 11.5. The minimum Gasteiger partial charge on any atom is -0.496 e. The molecule has 136 valence electrons. The fourth-order valence-corrected chi connectivity index (χ4v) is 3.39. The minimum atomic E-state index is -3.78. The van der Waals surface area contributed by atoms with E-state index in [0.29, 0.717) is 11.3 Å². The number of aromatic nitrogens is 2. The third-order valence-corrected chi connectivity index (χ3v) is 5.06. The van der Waals surface area contributed by atoms with Crippen molar-refractivity contribution in [2.75, 3.05) is 7.11 Å². The highest BCUT2D eigenvalue weighted by molar-refractivity contribution is 7.89. The molecule has 0 saturated heterocycles. The first kappa shape index (κ1) is 18.0. The van der Waals surface area contributed by atoms with Crippen molar-refractivity contribution in [1.82, 2.24) is 14.9 Å². The molecule has 0 aliphatic rings. The standard InChI is InChI=1S/C17H16FN3O4S/c1-11-9-12(7-8-15(11)24-2)26(22,23)19-10-16-20-21-17(25-16)13-5-3-4-6-14(13)18/h3-9,19H,10H2,1-2H3. The second-order valence-corrected chi connectivity index (χ2v) is 7.20. The molecule has 0 unspecified atom stereocenters. The van der Waals surface area contributed by atoms with Gasteiger partial charge in [-0.05, 0) is 42.8 Å². The fraction of sp³-hybridized carbons (Fsp3) is 0.176. The Morgan fingerprint density at radius 3 is 2.65 bits per heavy atom. The molecule has 0 radical (unpaired) electrons. The van der Waals surface area contributed by atoms with Crippen LogP contribution in [0, 0.1) is 12.7 Å². The molecule has 7 nitrogen and oxygen atoms in total. The lowest BCUT2D eigenvalue weighted by Crippen LogP contribution is -2.23. The van der Waals surface area contributed by atoms with Gasteiger partial charge in [-0.1, -0.05) is 12.1 Å². The highest BCUT2D eigenvalue weighted by Gasteiger charge is 2.18. The molecule has 0 atom stereocenters. The second kappa shape index (κ2) is 7.22. The molecule has 3 aromatic rings. The van der Waals surface area contributed by atoms with Crippen molar-refractivity contribution in [2.45, 2.75) is 18.4 Å². The Balaban J connectivity index is 1.75. The maximum absolute atomic E-state index is 13.7. The highest BCUT2D eigenvalue weighted by atomic mass is 32.2. The van der Waals surface area contributed by atoms with Crippen LogP contribution in [0.25, 0.3) is 11.5 Å². The zero-order chi connectivity index (χ0) is 18.7. The summed E-state index contributed by atoms with van der Waals surface area (Å²) in [7, 11) is -2.27. The van der Waals surface area contributed by atoms with E-state index in [9.17, 15) is 12.8 Å². The van der Waals surface area contributed by atoms with Crippen molar-refractivity contribution in [3.8, 4) is 17.2 Å². The Kier molecular flexibility index (Phi) is 5.01. The number of hydrogen-bond donors (Lipinski definition) is 1. The Morgan fingerprint density at radius 2 is 1.96 bits per heavy atom. The molecule has 1 N–H and O–H groups in total. The summed E-state index contributed by atoms with van der Waals surface area (Å²) in [5.74, 6) is 0.0991. The number of nitrogens with one attached hydrogen (secondary N) is 1. The van der Waals surface area contributed by atoms with E-state index in [1.54, 1.807) is 25.1 Å². The van der Waals surface area contributed by atoms with E-state index in [4.69, 9.17) is 9.15 Å². The fourth-order valence-electron chi connectivity index (χ4n) is 2.33.